The molecule has 1 fully saturated rings. The summed E-state index contributed by atoms with van der Waals surface area (Å²) >= 11 is 11.7. The quantitative estimate of drug-likeness (QED) is 0.472. The number of carbonyl (C=O) groups excluding carboxylic acids is 1. The second-order valence-corrected chi connectivity index (χ2v) is 8.20. The molecular formula is C21H29ClN6OS. The van der Waals surface area contributed by atoms with Gasteiger partial charge in [-0.25, -0.2) is 4.68 Å². The minimum atomic E-state index is 0.100. The number of carbonyl (C=O) groups is 1. The molecule has 7 nitrogen and oxygen atoms in total. The first-order valence-corrected chi connectivity index (χ1v) is 11.1. The van der Waals surface area contributed by atoms with E-state index in [1.165, 1.54) is 0 Å². The molecule has 30 heavy (non-hydrogen) atoms. The Morgan fingerprint density at radius 3 is 2.53 bits per heavy atom. The Kier molecular flexibility index (Phi) is 8.21. The summed E-state index contributed by atoms with van der Waals surface area (Å²) in [7, 11) is 0. The van der Waals surface area contributed by atoms with Crippen molar-refractivity contribution in [3.63, 3.8) is 0 Å². The zero-order valence-corrected chi connectivity index (χ0v) is 19.0. The van der Waals surface area contributed by atoms with Crippen molar-refractivity contribution in [3.05, 3.63) is 46.7 Å². The summed E-state index contributed by atoms with van der Waals surface area (Å²) in [6, 6.07) is 7.61. The van der Waals surface area contributed by atoms with Gasteiger partial charge in [-0.05, 0) is 42.9 Å². The number of hydrogen-bond acceptors (Lipinski definition) is 5. The highest BCUT2D eigenvalue weighted by atomic mass is 35.5. The Morgan fingerprint density at radius 1 is 1.23 bits per heavy atom. The van der Waals surface area contributed by atoms with Crippen LogP contribution in [0.1, 0.15) is 13.3 Å². The predicted octanol–water partition coefficient (Wildman–Crippen LogP) is 3.02. The lowest BCUT2D eigenvalue weighted by Crippen LogP contribution is -2.49. The molecule has 1 aliphatic heterocycles. The van der Waals surface area contributed by atoms with Crippen LogP contribution in [-0.4, -0.2) is 69.3 Å². The number of nitrogens with zero attached hydrogens (tertiary/aromatic N) is 5. The van der Waals surface area contributed by atoms with E-state index in [2.05, 4.69) is 28.6 Å². The second kappa shape index (κ2) is 10.9. The zero-order chi connectivity index (χ0) is 21.5. The third-order valence-corrected chi connectivity index (χ3v) is 5.76. The maximum Gasteiger partial charge on any atom is 0.234 e. The first-order chi connectivity index (χ1) is 14.5. The normalized spacial score (nSPS) is 15.3. The van der Waals surface area contributed by atoms with E-state index >= 15 is 0 Å². The standard InChI is InChI=1S/C21H29ClN6OS/c1-3-9-23-19(29)15-25-11-13-26(14-12-25)16-28-21(30)27(10-4-2)20(24-28)17-5-7-18(22)8-6-17/h4-8H,2-3,9-16H2,1H3,(H,23,29). The lowest BCUT2D eigenvalue weighted by Gasteiger charge is -2.33. The van der Waals surface area contributed by atoms with Crippen LogP contribution in [0.15, 0.2) is 36.9 Å². The zero-order valence-electron chi connectivity index (χ0n) is 17.4. The lowest BCUT2D eigenvalue weighted by molar-refractivity contribution is -0.122. The van der Waals surface area contributed by atoms with Crippen LogP contribution in [0.3, 0.4) is 0 Å². The van der Waals surface area contributed by atoms with E-state index in [0.29, 0.717) is 29.6 Å². The van der Waals surface area contributed by atoms with Crippen molar-refractivity contribution in [1.29, 1.82) is 0 Å². The van der Waals surface area contributed by atoms with Gasteiger partial charge in [0.2, 0.25) is 5.91 Å². The van der Waals surface area contributed by atoms with Crippen LogP contribution in [0.4, 0.5) is 0 Å². The Balaban J connectivity index is 1.65. The molecule has 2 heterocycles. The summed E-state index contributed by atoms with van der Waals surface area (Å²) in [4.78, 5) is 16.4. The molecule has 2 aromatic rings. The van der Waals surface area contributed by atoms with Gasteiger partial charge in [-0.2, -0.15) is 5.10 Å². The van der Waals surface area contributed by atoms with Gasteiger partial charge in [0.05, 0.1) is 13.2 Å². The van der Waals surface area contributed by atoms with Gasteiger partial charge in [0.1, 0.15) is 0 Å². The molecule has 1 aromatic heterocycles. The molecule has 1 amide bonds. The molecule has 1 aliphatic rings. The lowest BCUT2D eigenvalue weighted by atomic mass is 10.2. The van der Waals surface area contributed by atoms with Gasteiger partial charge in [-0.15, -0.1) is 6.58 Å². The maximum atomic E-state index is 11.9. The van der Waals surface area contributed by atoms with E-state index in [-0.39, 0.29) is 5.91 Å². The van der Waals surface area contributed by atoms with Crippen LogP contribution < -0.4 is 5.32 Å². The minimum Gasteiger partial charge on any atom is -0.355 e. The fourth-order valence-corrected chi connectivity index (χ4v) is 3.83. The molecule has 1 saturated heterocycles. The Bertz CT molecular complexity index is 915. The summed E-state index contributed by atoms with van der Waals surface area (Å²) in [6.07, 6.45) is 2.78. The molecule has 0 saturated carbocycles. The van der Waals surface area contributed by atoms with Crippen LogP contribution in [0.25, 0.3) is 11.4 Å². The van der Waals surface area contributed by atoms with E-state index in [9.17, 15) is 4.79 Å². The van der Waals surface area contributed by atoms with Gasteiger partial charge in [0.25, 0.3) is 0 Å². The number of hydrogen-bond donors (Lipinski definition) is 1. The Hall–Kier alpha value is -2.00. The van der Waals surface area contributed by atoms with Gasteiger partial charge in [-0.3, -0.25) is 19.2 Å². The molecule has 0 atom stereocenters. The van der Waals surface area contributed by atoms with Crippen LogP contribution in [0, 0.1) is 4.77 Å². The largest absolute Gasteiger partial charge is 0.355 e. The Morgan fingerprint density at radius 2 is 1.90 bits per heavy atom. The number of amides is 1. The number of piperazine rings is 1. The predicted molar refractivity (Wildman–Crippen MR) is 123 cm³/mol. The molecule has 9 heteroatoms. The highest BCUT2D eigenvalue weighted by Crippen LogP contribution is 2.21. The topological polar surface area (TPSA) is 58.3 Å². The smallest absolute Gasteiger partial charge is 0.234 e. The van der Waals surface area contributed by atoms with Crippen molar-refractivity contribution in [2.45, 2.75) is 26.6 Å². The van der Waals surface area contributed by atoms with E-state index < -0.39 is 0 Å². The van der Waals surface area contributed by atoms with Crippen molar-refractivity contribution in [2.75, 3.05) is 39.3 Å². The highest BCUT2D eigenvalue weighted by Gasteiger charge is 2.20. The average Bonchev–Trinajstić information content (AvgIpc) is 3.04. The molecule has 0 aliphatic carbocycles. The number of allylic oxidation sites excluding steroid dienone is 1. The minimum absolute atomic E-state index is 0.100. The molecule has 1 aromatic carbocycles. The SMILES string of the molecule is C=CCn1c(-c2ccc(Cl)cc2)nn(CN2CCN(CC(=O)NCCC)CC2)c1=S. The highest BCUT2D eigenvalue weighted by molar-refractivity contribution is 7.71. The molecule has 0 bridgehead atoms. The number of benzene rings is 1. The van der Waals surface area contributed by atoms with Crippen LogP contribution in [-0.2, 0) is 18.0 Å². The fourth-order valence-electron chi connectivity index (χ4n) is 3.44. The summed E-state index contributed by atoms with van der Waals surface area (Å²) in [5.74, 6) is 0.908. The van der Waals surface area contributed by atoms with Crippen molar-refractivity contribution >= 4 is 29.7 Å². The number of halogens is 1. The van der Waals surface area contributed by atoms with E-state index in [1.54, 1.807) is 0 Å². The number of aromatic nitrogens is 3. The van der Waals surface area contributed by atoms with Crippen molar-refractivity contribution in [1.82, 2.24) is 29.5 Å². The van der Waals surface area contributed by atoms with Crippen LogP contribution in [0.5, 0.6) is 0 Å². The van der Waals surface area contributed by atoms with Crippen molar-refractivity contribution in [3.8, 4) is 11.4 Å². The van der Waals surface area contributed by atoms with Crippen LogP contribution in [0.2, 0.25) is 5.02 Å². The molecule has 0 unspecified atom stereocenters. The third kappa shape index (κ3) is 5.78. The first kappa shape index (κ1) is 22.7. The Labute approximate surface area is 187 Å². The summed E-state index contributed by atoms with van der Waals surface area (Å²) < 4.78 is 4.52. The summed E-state index contributed by atoms with van der Waals surface area (Å²) in [5.41, 5.74) is 0.967. The summed E-state index contributed by atoms with van der Waals surface area (Å²) in [6.45, 7) is 11.8. The van der Waals surface area contributed by atoms with Crippen molar-refractivity contribution in [2.24, 2.45) is 0 Å². The van der Waals surface area contributed by atoms with E-state index in [4.69, 9.17) is 28.9 Å². The molecule has 0 radical (unpaired) electrons. The van der Waals surface area contributed by atoms with Gasteiger partial charge in [-0.1, -0.05) is 24.6 Å². The van der Waals surface area contributed by atoms with Gasteiger partial charge in [0, 0.05) is 49.9 Å². The molecule has 1 N–H and O–H groups in total. The molecule has 162 valence electrons. The first-order valence-electron chi connectivity index (χ1n) is 10.3. The van der Waals surface area contributed by atoms with E-state index in [0.717, 1.165) is 50.5 Å². The van der Waals surface area contributed by atoms with Gasteiger partial charge >= 0.3 is 0 Å². The summed E-state index contributed by atoms with van der Waals surface area (Å²) in [5, 5.41) is 8.41. The molecule has 0 spiro atoms. The molecule has 3 rings (SSSR count). The van der Waals surface area contributed by atoms with Gasteiger partial charge < -0.3 is 5.32 Å². The maximum absolute atomic E-state index is 11.9. The second-order valence-electron chi connectivity index (χ2n) is 7.40. The van der Waals surface area contributed by atoms with Crippen LogP contribution >= 0.6 is 23.8 Å². The molecular weight excluding hydrogens is 420 g/mol. The number of rotatable bonds is 9. The average molecular weight is 449 g/mol. The monoisotopic (exact) mass is 448 g/mol. The number of nitrogens with one attached hydrogen (secondary N) is 1. The van der Waals surface area contributed by atoms with Gasteiger partial charge in [0.15, 0.2) is 10.6 Å². The third-order valence-electron chi connectivity index (χ3n) is 5.08. The fraction of sp³-hybridized carbons (Fsp3) is 0.476. The van der Waals surface area contributed by atoms with E-state index in [1.807, 2.05) is 39.6 Å². The van der Waals surface area contributed by atoms with Crippen molar-refractivity contribution < 1.29 is 4.79 Å².